The first kappa shape index (κ1) is 15.0. The molecule has 3 aromatic rings. The van der Waals surface area contributed by atoms with Gasteiger partial charge in [-0.2, -0.15) is 0 Å². The maximum Gasteiger partial charge on any atom is 0.255 e. The molecule has 3 rings (SSSR count). The zero-order valence-corrected chi connectivity index (χ0v) is 13.3. The summed E-state index contributed by atoms with van der Waals surface area (Å²) < 4.78 is 0. The van der Waals surface area contributed by atoms with Crippen molar-refractivity contribution in [2.24, 2.45) is 0 Å². The summed E-state index contributed by atoms with van der Waals surface area (Å²) in [6, 6.07) is 23.9. The van der Waals surface area contributed by atoms with Gasteiger partial charge in [0.05, 0.1) is 0 Å². The van der Waals surface area contributed by atoms with Crippen LogP contribution in [-0.4, -0.2) is 5.91 Å². The smallest absolute Gasteiger partial charge is 0.255 e. The average molecular weight is 301 g/mol. The van der Waals surface area contributed by atoms with Crippen molar-refractivity contribution in [1.29, 1.82) is 0 Å². The van der Waals surface area contributed by atoms with Crippen molar-refractivity contribution in [2.75, 3.05) is 5.32 Å². The van der Waals surface area contributed by atoms with E-state index in [4.69, 9.17) is 0 Å². The fourth-order valence-electron chi connectivity index (χ4n) is 2.57. The minimum absolute atomic E-state index is 0.0707. The normalized spacial score (nSPS) is 10.3. The van der Waals surface area contributed by atoms with Gasteiger partial charge in [0.1, 0.15) is 0 Å². The molecule has 1 N–H and O–H groups in total. The van der Waals surface area contributed by atoms with Crippen LogP contribution in [0.1, 0.15) is 21.5 Å². The number of hydrogen-bond donors (Lipinski definition) is 1. The van der Waals surface area contributed by atoms with E-state index in [0.717, 1.165) is 27.9 Å². The molecule has 0 saturated heterocycles. The summed E-state index contributed by atoms with van der Waals surface area (Å²) >= 11 is 0. The Hall–Kier alpha value is -2.87. The highest BCUT2D eigenvalue weighted by molar-refractivity contribution is 6.05. The Kier molecular flexibility index (Phi) is 4.24. The summed E-state index contributed by atoms with van der Waals surface area (Å²) in [7, 11) is 0. The average Bonchev–Trinajstić information content (AvgIpc) is 2.59. The molecule has 0 aliphatic rings. The Labute approximate surface area is 136 Å². The van der Waals surface area contributed by atoms with Crippen LogP contribution < -0.4 is 5.32 Å². The number of aryl methyl sites for hydroxylation is 1. The molecule has 1 amide bonds. The Balaban J connectivity index is 1.78. The molecule has 0 saturated carbocycles. The first-order valence-corrected chi connectivity index (χ1v) is 7.68. The molecule has 23 heavy (non-hydrogen) atoms. The van der Waals surface area contributed by atoms with Crippen LogP contribution in [0.15, 0.2) is 72.8 Å². The van der Waals surface area contributed by atoms with E-state index in [1.807, 2.05) is 74.5 Å². The van der Waals surface area contributed by atoms with E-state index >= 15 is 0 Å². The minimum Gasteiger partial charge on any atom is -0.322 e. The van der Waals surface area contributed by atoms with Gasteiger partial charge in [0.25, 0.3) is 5.91 Å². The van der Waals surface area contributed by atoms with Crippen molar-refractivity contribution in [3.05, 3.63) is 89.5 Å². The zero-order valence-electron chi connectivity index (χ0n) is 13.3. The Bertz CT molecular complexity index is 820. The van der Waals surface area contributed by atoms with Gasteiger partial charge in [0.2, 0.25) is 0 Å². The number of rotatable bonds is 3. The monoisotopic (exact) mass is 301 g/mol. The van der Waals surface area contributed by atoms with E-state index in [-0.39, 0.29) is 5.91 Å². The first-order valence-electron chi connectivity index (χ1n) is 7.68. The third-order valence-corrected chi connectivity index (χ3v) is 4.10. The second kappa shape index (κ2) is 6.49. The van der Waals surface area contributed by atoms with Crippen LogP contribution in [0.2, 0.25) is 0 Å². The lowest BCUT2D eigenvalue weighted by molar-refractivity contribution is 0.102. The molecule has 0 unspecified atom stereocenters. The van der Waals surface area contributed by atoms with Gasteiger partial charge in [-0.15, -0.1) is 0 Å². The number of carbonyl (C=O) groups excluding carboxylic acids is 1. The van der Waals surface area contributed by atoms with Gasteiger partial charge in [0, 0.05) is 11.3 Å². The van der Waals surface area contributed by atoms with E-state index in [1.54, 1.807) is 0 Å². The van der Waals surface area contributed by atoms with E-state index in [0.29, 0.717) is 0 Å². The van der Waals surface area contributed by atoms with Crippen LogP contribution in [0.3, 0.4) is 0 Å². The number of amides is 1. The molecular weight excluding hydrogens is 282 g/mol. The van der Waals surface area contributed by atoms with Gasteiger partial charge < -0.3 is 5.32 Å². The molecule has 2 nitrogen and oxygen atoms in total. The largest absolute Gasteiger partial charge is 0.322 e. The maximum atomic E-state index is 12.4. The van der Waals surface area contributed by atoms with E-state index < -0.39 is 0 Å². The second-order valence-electron chi connectivity index (χ2n) is 5.64. The van der Waals surface area contributed by atoms with E-state index in [9.17, 15) is 4.79 Å². The number of carbonyl (C=O) groups is 1. The van der Waals surface area contributed by atoms with Gasteiger partial charge in [0.15, 0.2) is 0 Å². The van der Waals surface area contributed by atoms with Gasteiger partial charge >= 0.3 is 0 Å². The van der Waals surface area contributed by atoms with Crippen LogP contribution in [-0.2, 0) is 0 Å². The molecule has 0 aliphatic heterocycles. The number of anilines is 1. The number of nitrogens with one attached hydrogen (secondary N) is 1. The highest BCUT2D eigenvalue weighted by Gasteiger charge is 2.10. The minimum atomic E-state index is -0.0707. The highest BCUT2D eigenvalue weighted by Crippen LogP contribution is 2.22. The molecule has 114 valence electrons. The topological polar surface area (TPSA) is 29.1 Å². The van der Waals surface area contributed by atoms with Gasteiger partial charge in [-0.1, -0.05) is 54.6 Å². The van der Waals surface area contributed by atoms with Gasteiger partial charge in [-0.3, -0.25) is 4.79 Å². The van der Waals surface area contributed by atoms with Crippen LogP contribution in [0.5, 0.6) is 0 Å². The van der Waals surface area contributed by atoms with Crippen molar-refractivity contribution < 1.29 is 4.79 Å². The second-order valence-corrected chi connectivity index (χ2v) is 5.64. The predicted octanol–water partition coefficient (Wildman–Crippen LogP) is 5.22. The molecule has 0 heterocycles. The van der Waals surface area contributed by atoms with Crippen molar-refractivity contribution in [2.45, 2.75) is 13.8 Å². The summed E-state index contributed by atoms with van der Waals surface area (Å²) in [5, 5.41) is 2.97. The van der Waals surface area contributed by atoms with Crippen LogP contribution >= 0.6 is 0 Å². The Morgan fingerprint density at radius 1 is 0.739 bits per heavy atom. The van der Waals surface area contributed by atoms with Crippen molar-refractivity contribution in [3.63, 3.8) is 0 Å². The quantitative estimate of drug-likeness (QED) is 0.705. The molecule has 2 heteroatoms. The maximum absolute atomic E-state index is 12.4. The SMILES string of the molecule is Cc1cccc(C(=O)Nc2ccc(-c3ccccc3)cc2)c1C. The van der Waals surface area contributed by atoms with Crippen LogP contribution in [0.4, 0.5) is 5.69 Å². The zero-order chi connectivity index (χ0) is 16.2. The van der Waals surface area contributed by atoms with Gasteiger partial charge in [-0.05, 0) is 54.3 Å². The lowest BCUT2D eigenvalue weighted by Crippen LogP contribution is -2.13. The summed E-state index contributed by atoms with van der Waals surface area (Å²) in [6.45, 7) is 3.99. The molecule has 0 atom stereocenters. The summed E-state index contributed by atoms with van der Waals surface area (Å²) in [5.74, 6) is -0.0707. The van der Waals surface area contributed by atoms with Crippen molar-refractivity contribution >= 4 is 11.6 Å². The molecule has 0 radical (unpaired) electrons. The first-order chi connectivity index (χ1) is 11.1. The lowest BCUT2D eigenvalue weighted by Gasteiger charge is -2.10. The highest BCUT2D eigenvalue weighted by atomic mass is 16.1. The number of hydrogen-bond acceptors (Lipinski definition) is 1. The molecule has 0 bridgehead atoms. The van der Waals surface area contributed by atoms with Crippen molar-refractivity contribution in [1.82, 2.24) is 0 Å². The van der Waals surface area contributed by atoms with E-state index in [2.05, 4.69) is 17.4 Å². The Morgan fingerprint density at radius 3 is 2.09 bits per heavy atom. The van der Waals surface area contributed by atoms with Crippen LogP contribution in [0, 0.1) is 13.8 Å². The van der Waals surface area contributed by atoms with Gasteiger partial charge in [-0.25, -0.2) is 0 Å². The molecular formula is C21H19NO. The standard InChI is InChI=1S/C21H19NO/c1-15-7-6-10-20(16(15)2)21(23)22-19-13-11-18(12-14-19)17-8-4-3-5-9-17/h3-14H,1-2H3,(H,22,23). The summed E-state index contributed by atoms with van der Waals surface area (Å²) in [4.78, 5) is 12.4. The fourth-order valence-corrected chi connectivity index (χ4v) is 2.57. The molecule has 0 aromatic heterocycles. The lowest BCUT2D eigenvalue weighted by atomic mass is 10.0. The summed E-state index contributed by atoms with van der Waals surface area (Å²) in [5.41, 5.74) is 5.96. The third-order valence-electron chi connectivity index (χ3n) is 4.10. The Morgan fingerprint density at radius 2 is 1.39 bits per heavy atom. The summed E-state index contributed by atoms with van der Waals surface area (Å²) in [6.07, 6.45) is 0. The third kappa shape index (κ3) is 3.32. The van der Waals surface area contributed by atoms with E-state index in [1.165, 1.54) is 5.56 Å². The molecule has 0 spiro atoms. The molecule has 0 aliphatic carbocycles. The number of benzene rings is 3. The molecule has 3 aromatic carbocycles. The predicted molar refractivity (Wildman–Crippen MR) is 95.7 cm³/mol. The van der Waals surface area contributed by atoms with Crippen molar-refractivity contribution in [3.8, 4) is 11.1 Å². The fraction of sp³-hybridized carbons (Fsp3) is 0.0952. The molecule has 0 fully saturated rings. The van der Waals surface area contributed by atoms with Crippen LogP contribution in [0.25, 0.3) is 11.1 Å².